The number of hydrogen-bond acceptors (Lipinski definition) is 3. The smallest absolute Gasteiger partial charge is 0.242 e. The van der Waals surface area contributed by atoms with Crippen LogP contribution in [0, 0.1) is 0 Å². The minimum atomic E-state index is -0.361. The van der Waals surface area contributed by atoms with E-state index < -0.39 is 0 Å². The van der Waals surface area contributed by atoms with Crippen molar-refractivity contribution in [2.75, 3.05) is 27.2 Å². The lowest BCUT2D eigenvalue weighted by atomic mass is 10.1. The first-order valence-electron chi connectivity index (χ1n) is 8.83. The summed E-state index contributed by atoms with van der Waals surface area (Å²) in [5.41, 5.74) is 2.10. The van der Waals surface area contributed by atoms with E-state index in [4.69, 9.17) is 0 Å². The summed E-state index contributed by atoms with van der Waals surface area (Å²) in [6.07, 6.45) is 3.88. The van der Waals surface area contributed by atoms with Gasteiger partial charge in [-0.1, -0.05) is 18.2 Å². The Morgan fingerprint density at radius 3 is 2.96 bits per heavy atom. The van der Waals surface area contributed by atoms with E-state index in [0.29, 0.717) is 25.9 Å². The van der Waals surface area contributed by atoms with Gasteiger partial charge in [-0.15, -0.1) is 0 Å². The molecule has 1 aromatic carbocycles. The van der Waals surface area contributed by atoms with Crippen LogP contribution in [0.15, 0.2) is 30.5 Å². The summed E-state index contributed by atoms with van der Waals surface area (Å²) >= 11 is 0. The summed E-state index contributed by atoms with van der Waals surface area (Å²) in [4.78, 5) is 31.9. The second-order valence-corrected chi connectivity index (χ2v) is 6.88. The zero-order valence-electron chi connectivity index (χ0n) is 14.9. The molecule has 0 saturated carbocycles. The number of H-pyrrole nitrogens is 1. The normalized spacial score (nSPS) is 17.6. The number of likely N-dealkylation sites (tertiary alicyclic amines) is 1. The van der Waals surface area contributed by atoms with E-state index in [1.807, 2.05) is 44.6 Å². The second-order valence-electron chi connectivity index (χ2n) is 6.88. The van der Waals surface area contributed by atoms with Gasteiger partial charge in [0.1, 0.15) is 6.04 Å². The number of para-hydroxylation sites is 1. The average molecular weight is 342 g/mol. The summed E-state index contributed by atoms with van der Waals surface area (Å²) in [7, 11) is 4.03. The molecule has 1 atom stereocenters. The standard InChI is InChI=1S/C19H26N4O2/c1-22(2)11-5-10-20-19(25)17-8-9-18(24)23(17)13-14-12-21-16-7-4-3-6-15(14)16/h3-4,6-7,12,17,21H,5,8-11,13H2,1-2H3,(H,20,25)/t17-/m1/s1. The Labute approximate surface area is 148 Å². The fraction of sp³-hybridized carbons (Fsp3) is 0.474. The lowest BCUT2D eigenvalue weighted by Gasteiger charge is -2.24. The Morgan fingerprint density at radius 2 is 2.16 bits per heavy atom. The number of benzene rings is 1. The van der Waals surface area contributed by atoms with E-state index in [-0.39, 0.29) is 17.9 Å². The lowest BCUT2D eigenvalue weighted by molar-refractivity contribution is -0.135. The highest BCUT2D eigenvalue weighted by Gasteiger charge is 2.36. The molecule has 6 nitrogen and oxygen atoms in total. The van der Waals surface area contributed by atoms with Gasteiger partial charge in [0.2, 0.25) is 11.8 Å². The maximum atomic E-state index is 12.5. The van der Waals surface area contributed by atoms with Gasteiger partial charge < -0.3 is 20.1 Å². The predicted octanol–water partition coefficient (Wildman–Crippen LogP) is 1.73. The van der Waals surface area contributed by atoms with Crippen molar-refractivity contribution in [3.8, 4) is 0 Å². The second kappa shape index (κ2) is 7.70. The van der Waals surface area contributed by atoms with Crippen LogP contribution in [-0.4, -0.2) is 59.8 Å². The first-order chi connectivity index (χ1) is 12.1. The van der Waals surface area contributed by atoms with Gasteiger partial charge in [-0.3, -0.25) is 9.59 Å². The Balaban J connectivity index is 1.64. The molecule has 1 aromatic heterocycles. The van der Waals surface area contributed by atoms with Gasteiger partial charge in [0.05, 0.1) is 0 Å². The molecule has 1 saturated heterocycles. The Kier molecular flexibility index (Phi) is 5.38. The molecule has 0 spiro atoms. The summed E-state index contributed by atoms with van der Waals surface area (Å²) in [5.74, 6) is 0.0168. The van der Waals surface area contributed by atoms with Crippen LogP contribution in [0.3, 0.4) is 0 Å². The zero-order valence-corrected chi connectivity index (χ0v) is 14.9. The molecule has 2 aromatic rings. The highest BCUT2D eigenvalue weighted by atomic mass is 16.2. The molecule has 0 aliphatic carbocycles. The molecule has 25 heavy (non-hydrogen) atoms. The van der Waals surface area contributed by atoms with Crippen molar-refractivity contribution in [2.45, 2.75) is 31.8 Å². The lowest BCUT2D eigenvalue weighted by Crippen LogP contribution is -2.44. The molecular formula is C19H26N4O2. The van der Waals surface area contributed by atoms with E-state index in [2.05, 4.69) is 15.2 Å². The fourth-order valence-electron chi connectivity index (χ4n) is 3.38. The van der Waals surface area contributed by atoms with Crippen LogP contribution in [0.1, 0.15) is 24.8 Å². The number of nitrogens with one attached hydrogen (secondary N) is 2. The molecule has 0 radical (unpaired) electrons. The number of aromatic amines is 1. The van der Waals surface area contributed by atoms with Gasteiger partial charge >= 0.3 is 0 Å². The minimum Gasteiger partial charge on any atom is -0.361 e. The van der Waals surface area contributed by atoms with Gasteiger partial charge in [0, 0.05) is 36.6 Å². The molecule has 0 unspecified atom stereocenters. The molecule has 134 valence electrons. The number of amides is 2. The van der Waals surface area contributed by atoms with Crippen molar-refractivity contribution in [1.29, 1.82) is 0 Å². The average Bonchev–Trinajstić information content (AvgIpc) is 3.16. The third-order valence-corrected chi connectivity index (χ3v) is 4.73. The molecule has 6 heteroatoms. The maximum absolute atomic E-state index is 12.5. The van der Waals surface area contributed by atoms with Crippen molar-refractivity contribution < 1.29 is 9.59 Å². The number of rotatable bonds is 7. The van der Waals surface area contributed by atoms with E-state index in [9.17, 15) is 9.59 Å². The predicted molar refractivity (Wildman–Crippen MR) is 98.1 cm³/mol. The van der Waals surface area contributed by atoms with E-state index >= 15 is 0 Å². The van der Waals surface area contributed by atoms with Crippen molar-refractivity contribution in [1.82, 2.24) is 20.1 Å². The summed E-state index contributed by atoms with van der Waals surface area (Å²) in [5, 5.41) is 4.08. The Bertz CT molecular complexity index is 753. The third-order valence-electron chi connectivity index (χ3n) is 4.73. The van der Waals surface area contributed by atoms with Crippen molar-refractivity contribution in [2.24, 2.45) is 0 Å². The van der Waals surface area contributed by atoms with Crippen LogP contribution in [0.25, 0.3) is 10.9 Å². The SMILES string of the molecule is CN(C)CCCNC(=O)[C@H]1CCC(=O)N1Cc1c[nH]c2ccccc12. The molecule has 3 rings (SSSR count). The van der Waals surface area contributed by atoms with Crippen molar-refractivity contribution >= 4 is 22.7 Å². The van der Waals surface area contributed by atoms with Gasteiger partial charge in [-0.2, -0.15) is 0 Å². The Morgan fingerprint density at radius 1 is 1.36 bits per heavy atom. The van der Waals surface area contributed by atoms with Crippen molar-refractivity contribution in [3.05, 3.63) is 36.0 Å². The molecule has 2 amide bonds. The topological polar surface area (TPSA) is 68.4 Å². The van der Waals surface area contributed by atoms with Gasteiger partial charge in [-0.25, -0.2) is 0 Å². The van der Waals surface area contributed by atoms with Crippen LogP contribution >= 0.6 is 0 Å². The molecule has 1 aliphatic rings. The van der Waals surface area contributed by atoms with Crippen LogP contribution in [-0.2, 0) is 16.1 Å². The number of hydrogen-bond donors (Lipinski definition) is 2. The number of nitrogens with zero attached hydrogens (tertiary/aromatic N) is 2. The monoisotopic (exact) mass is 342 g/mol. The number of aromatic nitrogens is 1. The van der Waals surface area contributed by atoms with E-state index in [1.54, 1.807) is 4.90 Å². The third kappa shape index (κ3) is 4.02. The molecule has 2 N–H and O–H groups in total. The summed E-state index contributed by atoms with van der Waals surface area (Å²) < 4.78 is 0. The largest absolute Gasteiger partial charge is 0.361 e. The molecule has 2 heterocycles. The van der Waals surface area contributed by atoms with E-state index in [1.165, 1.54) is 0 Å². The zero-order chi connectivity index (χ0) is 17.8. The Hall–Kier alpha value is -2.34. The van der Waals surface area contributed by atoms with Gasteiger partial charge in [0.15, 0.2) is 0 Å². The van der Waals surface area contributed by atoms with Crippen molar-refractivity contribution in [3.63, 3.8) is 0 Å². The van der Waals surface area contributed by atoms with Crippen LogP contribution in [0.2, 0.25) is 0 Å². The quantitative estimate of drug-likeness (QED) is 0.753. The molecular weight excluding hydrogens is 316 g/mol. The minimum absolute atomic E-state index is 0.0375. The summed E-state index contributed by atoms with van der Waals surface area (Å²) in [6.45, 7) is 2.05. The first kappa shape index (κ1) is 17.5. The highest BCUT2D eigenvalue weighted by Crippen LogP contribution is 2.25. The molecule has 1 aliphatic heterocycles. The number of carbonyl (C=O) groups is 2. The number of carbonyl (C=O) groups excluding carboxylic acids is 2. The van der Waals surface area contributed by atoms with E-state index in [0.717, 1.165) is 29.4 Å². The fourth-order valence-corrected chi connectivity index (χ4v) is 3.38. The van der Waals surface area contributed by atoms with Gasteiger partial charge in [-0.05, 0) is 45.1 Å². The summed E-state index contributed by atoms with van der Waals surface area (Å²) in [6, 6.07) is 7.66. The van der Waals surface area contributed by atoms with Gasteiger partial charge in [0.25, 0.3) is 0 Å². The molecule has 1 fully saturated rings. The maximum Gasteiger partial charge on any atom is 0.242 e. The van der Waals surface area contributed by atoms with Crippen LogP contribution < -0.4 is 5.32 Å². The van der Waals surface area contributed by atoms with Crippen LogP contribution in [0.4, 0.5) is 0 Å². The first-order valence-corrected chi connectivity index (χ1v) is 8.83. The molecule has 0 bridgehead atoms. The van der Waals surface area contributed by atoms with Crippen LogP contribution in [0.5, 0.6) is 0 Å². The number of fused-ring (bicyclic) bond motifs is 1. The highest BCUT2D eigenvalue weighted by molar-refractivity contribution is 5.91.